The molecular weight excluding hydrogens is 1130 g/mol. The molecule has 7 aromatic carbocycles. The van der Waals surface area contributed by atoms with E-state index in [4.69, 9.17) is 18.3 Å². The van der Waals surface area contributed by atoms with Gasteiger partial charge in [-0.15, -0.1) is 0 Å². The fraction of sp³-hybridized carbons (Fsp3) is 0.315. The minimum absolute atomic E-state index is 0.170. The van der Waals surface area contributed by atoms with Crippen molar-refractivity contribution in [2.75, 3.05) is 55.5 Å². The summed E-state index contributed by atoms with van der Waals surface area (Å²) in [4.78, 5) is 62.1. The van der Waals surface area contributed by atoms with Crippen LogP contribution in [-0.4, -0.2) is 108 Å². The fourth-order valence-electron chi connectivity index (χ4n) is 11.0. The van der Waals surface area contributed by atoms with Gasteiger partial charge < -0.3 is 54.3 Å². The van der Waals surface area contributed by atoms with Crippen molar-refractivity contribution < 1.29 is 47.7 Å². The van der Waals surface area contributed by atoms with Gasteiger partial charge in [0.25, 0.3) is 12.0 Å². The highest BCUT2D eigenvalue weighted by Crippen LogP contribution is 2.26. The number of likely N-dealkylation sites (N-methyl/N-ethyl adjacent to an activating group) is 2. The number of hydrogen-bond acceptors (Lipinski definition) is 15. The highest BCUT2D eigenvalue weighted by molar-refractivity contribution is 6.12. The van der Waals surface area contributed by atoms with E-state index in [1.807, 2.05) is 133 Å². The molecule has 9 aromatic rings. The normalized spacial score (nSPS) is 14.2. The largest absolute Gasteiger partial charge is 0.492 e. The molecule has 17 nitrogen and oxygen atoms in total. The Morgan fingerprint density at radius 3 is 1.46 bits per heavy atom. The summed E-state index contributed by atoms with van der Waals surface area (Å²) >= 11 is 0. The van der Waals surface area contributed by atoms with Crippen LogP contribution < -0.4 is 35.2 Å². The smallest absolute Gasteiger partial charge is 0.326 e. The van der Waals surface area contributed by atoms with Crippen molar-refractivity contribution in [3.8, 4) is 11.5 Å². The summed E-state index contributed by atoms with van der Waals surface area (Å²) in [5.41, 5.74) is 7.23. The Kier molecular flexibility index (Phi) is 23.7. The van der Waals surface area contributed by atoms with E-state index < -0.39 is 24.0 Å². The van der Waals surface area contributed by atoms with E-state index in [1.165, 1.54) is 70.3 Å². The molecule has 0 amide bonds. The highest BCUT2D eigenvalue weighted by atomic mass is 16.5. The molecule has 2 fully saturated rings. The number of carboxylic acid groups (broad SMARTS) is 2. The van der Waals surface area contributed by atoms with Gasteiger partial charge in [-0.3, -0.25) is 9.59 Å². The molecule has 2 saturated carbocycles. The number of anilines is 3. The number of carbonyl (C=O) groups excluding carboxylic acids is 2. The van der Waals surface area contributed by atoms with Gasteiger partial charge >= 0.3 is 11.9 Å². The second kappa shape index (κ2) is 33.0. The number of nitrogens with one attached hydrogen (secondary N) is 3. The van der Waals surface area contributed by atoms with Crippen molar-refractivity contribution in [2.24, 2.45) is 0 Å². The number of para-hydroxylation sites is 5. The standard InChI is InChI=1S/C32H29N3O5.C29H29N3O5.C12H23N/c1-35(32-34-27-13-7-8-14-29(27)40-32)19-20-39-24-17-15-22(16-18-24)21-28(31(37)38)33-26-12-6-5-11-25(26)30(36)23-9-3-2-4-10-23;1-20(18-26(33)22-8-4-3-5-9-22)30-25(28(34)35)19-21-12-14-23(15-13-21)36-17-16-32(2)29-31-24-10-6-7-11-27(24)37-29;1-3-7-11(8-4-1)13-12-9-5-2-6-10-12/h2-18,28,33H,19-21H2,1H3,(H,37,38);3-15,18,25,30H,16-17,19H2,1-2H3,(H,34,35);11-13H,1-10H2/t;25-;/m.0./s1. The molecule has 2 aromatic heterocycles. The van der Waals surface area contributed by atoms with E-state index in [2.05, 4.69) is 25.9 Å². The second-order valence-electron chi connectivity index (χ2n) is 22.9. The molecule has 5 N–H and O–H groups in total. The number of ether oxygens (including phenoxy) is 2. The van der Waals surface area contributed by atoms with Crippen LogP contribution in [0.1, 0.15) is 109 Å². The zero-order chi connectivity index (χ0) is 63.0. The van der Waals surface area contributed by atoms with E-state index in [1.54, 1.807) is 79.7 Å². The summed E-state index contributed by atoms with van der Waals surface area (Å²) in [6.45, 7) is 3.67. The molecule has 17 heteroatoms. The van der Waals surface area contributed by atoms with Crippen LogP contribution in [0.5, 0.6) is 11.5 Å². The third-order valence-electron chi connectivity index (χ3n) is 16.0. The lowest BCUT2D eigenvalue weighted by Gasteiger charge is -2.30. The molecule has 0 aliphatic heterocycles. The number of aliphatic carboxylic acids is 2. The molecule has 2 atom stereocenters. The van der Waals surface area contributed by atoms with E-state index in [-0.39, 0.29) is 24.4 Å². The molecule has 0 spiro atoms. The number of fused-ring (bicyclic) bond motifs is 2. The number of oxazole rings is 2. The van der Waals surface area contributed by atoms with Crippen LogP contribution in [0.3, 0.4) is 0 Å². The quantitative estimate of drug-likeness (QED) is 0.0251. The SMILES string of the molecule is C1CCC(NC2CCCCC2)CC1.CC(=CC(=O)c1ccccc1)N[C@@H](Cc1ccc(OCCN(C)c2nc3ccccc3o2)cc1)C(=O)O.CN(CCOc1ccc(CC(Nc2ccccc2C(=O)c2ccccc2)C(=O)O)cc1)c1nc2ccccc2o1. The van der Waals surface area contributed by atoms with Gasteiger partial charge in [-0.25, -0.2) is 9.59 Å². The maximum absolute atomic E-state index is 13.1. The lowest BCUT2D eigenvalue weighted by atomic mass is 9.91. The number of benzene rings is 7. The Morgan fingerprint density at radius 2 is 0.978 bits per heavy atom. The molecule has 0 saturated heterocycles. The predicted octanol–water partition coefficient (Wildman–Crippen LogP) is 13.6. The molecular formula is C73H81N7O10. The first-order chi connectivity index (χ1) is 43.8. The Bertz CT molecular complexity index is 3670. The second-order valence-corrected chi connectivity index (χ2v) is 22.9. The van der Waals surface area contributed by atoms with E-state index in [0.717, 1.165) is 45.4 Å². The molecule has 0 bridgehead atoms. The first-order valence-electron chi connectivity index (χ1n) is 31.1. The number of nitrogens with zero attached hydrogens (tertiary/aromatic N) is 4. The van der Waals surface area contributed by atoms with Crippen molar-refractivity contribution in [3.05, 3.63) is 222 Å². The summed E-state index contributed by atoms with van der Waals surface area (Å²) in [5, 5.41) is 29.5. The van der Waals surface area contributed by atoms with Gasteiger partial charge in [0, 0.05) is 73.2 Å². The number of aromatic nitrogens is 2. The van der Waals surface area contributed by atoms with E-state index in [0.29, 0.717) is 77.9 Å². The number of allylic oxidation sites excluding steroid dienone is 2. The van der Waals surface area contributed by atoms with Gasteiger partial charge in [0.15, 0.2) is 22.7 Å². The molecule has 2 aliphatic carbocycles. The Hall–Kier alpha value is -9.74. The van der Waals surface area contributed by atoms with E-state index >= 15 is 0 Å². The van der Waals surface area contributed by atoms with Crippen LogP contribution >= 0.6 is 0 Å². The summed E-state index contributed by atoms with van der Waals surface area (Å²) in [7, 11) is 3.78. The lowest BCUT2D eigenvalue weighted by molar-refractivity contribution is -0.139. The summed E-state index contributed by atoms with van der Waals surface area (Å²) in [6.07, 6.45) is 16.5. The van der Waals surface area contributed by atoms with Gasteiger partial charge in [0.2, 0.25) is 0 Å². The van der Waals surface area contributed by atoms with Crippen molar-refractivity contribution in [1.82, 2.24) is 20.6 Å². The number of carbonyl (C=O) groups is 4. The van der Waals surface area contributed by atoms with Crippen LogP contribution in [0.4, 0.5) is 17.7 Å². The van der Waals surface area contributed by atoms with Crippen molar-refractivity contribution >= 4 is 63.4 Å². The Labute approximate surface area is 526 Å². The third-order valence-corrected chi connectivity index (χ3v) is 16.0. The molecule has 2 aliphatic rings. The summed E-state index contributed by atoms with van der Waals surface area (Å²) < 4.78 is 23.3. The number of rotatable bonds is 26. The number of hydrogen-bond donors (Lipinski definition) is 5. The van der Waals surface area contributed by atoms with Gasteiger partial charge in [-0.1, -0.05) is 160 Å². The first-order valence-corrected chi connectivity index (χ1v) is 31.1. The molecule has 90 heavy (non-hydrogen) atoms. The maximum atomic E-state index is 13.1. The molecule has 0 radical (unpaired) electrons. The summed E-state index contributed by atoms with van der Waals surface area (Å²) in [6, 6.07) is 55.6. The molecule has 468 valence electrons. The van der Waals surface area contributed by atoms with Crippen LogP contribution in [0.25, 0.3) is 22.2 Å². The van der Waals surface area contributed by atoms with Crippen molar-refractivity contribution in [2.45, 2.75) is 108 Å². The van der Waals surface area contributed by atoms with Gasteiger partial charge in [0.1, 0.15) is 47.8 Å². The average molecular weight is 1220 g/mol. The molecule has 1 unspecified atom stereocenters. The lowest BCUT2D eigenvalue weighted by Crippen LogP contribution is -2.40. The fourth-order valence-corrected chi connectivity index (χ4v) is 11.0. The topological polar surface area (TPSA) is 222 Å². The minimum Gasteiger partial charge on any atom is -0.492 e. The molecule has 11 rings (SSSR count). The Balaban J connectivity index is 0.000000178. The zero-order valence-corrected chi connectivity index (χ0v) is 51.5. The average Bonchev–Trinajstić information content (AvgIpc) is 2.93. The van der Waals surface area contributed by atoms with Crippen LogP contribution in [0, 0.1) is 0 Å². The Morgan fingerprint density at radius 1 is 0.544 bits per heavy atom. The van der Waals surface area contributed by atoms with Crippen molar-refractivity contribution in [3.63, 3.8) is 0 Å². The van der Waals surface area contributed by atoms with Crippen LogP contribution in [0.2, 0.25) is 0 Å². The van der Waals surface area contributed by atoms with Gasteiger partial charge in [0.05, 0.1) is 13.1 Å². The van der Waals surface area contributed by atoms with Crippen LogP contribution in [0.15, 0.2) is 203 Å². The van der Waals surface area contributed by atoms with Gasteiger partial charge in [-0.2, -0.15) is 9.97 Å². The monoisotopic (exact) mass is 1220 g/mol. The number of ketones is 2. The minimum atomic E-state index is -1.01. The van der Waals surface area contributed by atoms with E-state index in [9.17, 15) is 29.4 Å². The number of carboxylic acids is 2. The summed E-state index contributed by atoms with van der Waals surface area (Å²) in [5.74, 6) is -1.01. The van der Waals surface area contributed by atoms with Crippen molar-refractivity contribution in [1.29, 1.82) is 0 Å². The van der Waals surface area contributed by atoms with Gasteiger partial charge in [-0.05, 0) is 104 Å². The van der Waals surface area contributed by atoms with Crippen LogP contribution in [-0.2, 0) is 22.4 Å². The zero-order valence-electron chi connectivity index (χ0n) is 51.5. The maximum Gasteiger partial charge on any atom is 0.326 e. The molecule has 2 heterocycles. The predicted molar refractivity (Wildman–Crippen MR) is 353 cm³/mol. The first kappa shape index (κ1) is 64.7. The highest BCUT2D eigenvalue weighted by Gasteiger charge is 2.24. The third kappa shape index (κ3) is 19.4.